The van der Waals surface area contributed by atoms with Gasteiger partial charge in [-0.1, -0.05) is 30.3 Å². The number of anilines is 1. The Morgan fingerprint density at radius 2 is 2.00 bits per heavy atom. The first-order chi connectivity index (χ1) is 9.66. The first kappa shape index (κ1) is 12.9. The fourth-order valence-electron chi connectivity index (χ4n) is 2.30. The molecule has 3 rings (SSSR count). The Balaban J connectivity index is 1.99. The first-order valence-electron chi connectivity index (χ1n) is 6.42. The summed E-state index contributed by atoms with van der Waals surface area (Å²) >= 11 is 1.73. The quantitative estimate of drug-likeness (QED) is 0.386. The Bertz CT molecular complexity index is 750. The molecule has 0 amide bonds. The normalized spacial score (nSPS) is 11.1. The number of phenolic OH excluding ortho intramolecular Hbond substituents is 1. The predicted molar refractivity (Wildman–Crippen MR) is 85.1 cm³/mol. The lowest BCUT2D eigenvalue weighted by Gasteiger charge is -2.08. The number of hydrogen-bond acceptors (Lipinski definition) is 3. The minimum absolute atomic E-state index is 0.136. The summed E-state index contributed by atoms with van der Waals surface area (Å²) in [5.41, 5.74) is 9.40. The van der Waals surface area contributed by atoms with E-state index in [1.807, 2.05) is 37.4 Å². The van der Waals surface area contributed by atoms with Crippen LogP contribution in [0.2, 0.25) is 0 Å². The van der Waals surface area contributed by atoms with Gasteiger partial charge in [0.15, 0.2) is 5.75 Å². The standard InChI is InChI=1S/C16H16N2OS/c1-10-8-18-15-14(10)13(7-12(17)16(15)19)20-9-11-5-3-2-4-6-11/h2-8,18-19H,9,17H2,1H3. The van der Waals surface area contributed by atoms with Crippen molar-refractivity contribution >= 4 is 28.4 Å². The molecule has 1 aromatic heterocycles. The minimum atomic E-state index is 0.136. The molecular formula is C16H16N2OS. The van der Waals surface area contributed by atoms with Gasteiger partial charge in [0, 0.05) is 22.2 Å². The lowest BCUT2D eigenvalue weighted by atomic mass is 10.1. The molecular weight excluding hydrogens is 268 g/mol. The molecule has 0 aliphatic heterocycles. The molecule has 0 fully saturated rings. The van der Waals surface area contributed by atoms with Crippen LogP contribution in [-0.2, 0) is 5.75 Å². The summed E-state index contributed by atoms with van der Waals surface area (Å²) in [5, 5.41) is 11.1. The molecule has 4 heteroatoms. The molecule has 0 saturated carbocycles. The molecule has 1 heterocycles. The van der Waals surface area contributed by atoms with E-state index in [4.69, 9.17) is 5.73 Å². The third-order valence-electron chi connectivity index (χ3n) is 3.36. The molecule has 0 aliphatic carbocycles. The predicted octanol–water partition coefficient (Wildman–Crippen LogP) is 4.06. The molecule has 20 heavy (non-hydrogen) atoms. The number of aromatic hydroxyl groups is 1. The van der Waals surface area contributed by atoms with Crippen molar-refractivity contribution in [1.82, 2.24) is 4.98 Å². The Morgan fingerprint density at radius 3 is 2.75 bits per heavy atom. The highest BCUT2D eigenvalue weighted by Gasteiger charge is 2.13. The van der Waals surface area contributed by atoms with Crippen molar-refractivity contribution in [2.75, 3.05) is 5.73 Å². The van der Waals surface area contributed by atoms with E-state index in [2.05, 4.69) is 17.1 Å². The van der Waals surface area contributed by atoms with Gasteiger partial charge in [-0.25, -0.2) is 0 Å². The molecule has 0 saturated heterocycles. The maximum absolute atomic E-state index is 10.0. The summed E-state index contributed by atoms with van der Waals surface area (Å²) in [4.78, 5) is 4.19. The van der Waals surface area contributed by atoms with Gasteiger partial charge in [0.25, 0.3) is 0 Å². The summed E-state index contributed by atoms with van der Waals surface area (Å²) in [6.07, 6.45) is 1.90. The smallest absolute Gasteiger partial charge is 0.162 e. The monoisotopic (exact) mass is 284 g/mol. The SMILES string of the molecule is Cc1c[nH]c2c(O)c(N)cc(SCc3ccccc3)c12. The molecule has 0 atom stereocenters. The fraction of sp³-hybridized carbons (Fsp3) is 0.125. The largest absolute Gasteiger partial charge is 0.504 e. The number of nitrogen functional groups attached to an aromatic ring is 1. The summed E-state index contributed by atoms with van der Waals surface area (Å²) in [7, 11) is 0. The van der Waals surface area contributed by atoms with Crippen LogP contribution in [0.1, 0.15) is 11.1 Å². The highest BCUT2D eigenvalue weighted by Crippen LogP contribution is 2.40. The topological polar surface area (TPSA) is 62.0 Å². The number of nitrogens with one attached hydrogen (secondary N) is 1. The Labute approximate surface area is 121 Å². The Morgan fingerprint density at radius 1 is 1.25 bits per heavy atom. The maximum atomic E-state index is 10.0. The second kappa shape index (κ2) is 5.13. The summed E-state index contributed by atoms with van der Waals surface area (Å²) in [6.45, 7) is 2.03. The van der Waals surface area contributed by atoms with E-state index in [0.717, 1.165) is 27.1 Å². The van der Waals surface area contributed by atoms with Crippen LogP contribution in [0.15, 0.2) is 47.5 Å². The number of nitrogens with two attached hydrogens (primary N) is 1. The molecule has 4 N–H and O–H groups in total. The van der Waals surface area contributed by atoms with Crippen LogP contribution in [0.5, 0.6) is 5.75 Å². The van der Waals surface area contributed by atoms with E-state index in [9.17, 15) is 5.11 Å². The van der Waals surface area contributed by atoms with E-state index in [1.165, 1.54) is 5.56 Å². The summed E-state index contributed by atoms with van der Waals surface area (Å²) < 4.78 is 0. The molecule has 3 aromatic rings. The van der Waals surface area contributed by atoms with Crippen LogP contribution in [0.25, 0.3) is 10.9 Å². The van der Waals surface area contributed by atoms with Gasteiger partial charge in [-0.15, -0.1) is 11.8 Å². The zero-order valence-electron chi connectivity index (χ0n) is 11.2. The van der Waals surface area contributed by atoms with Crippen molar-refractivity contribution in [2.24, 2.45) is 0 Å². The number of aromatic amines is 1. The van der Waals surface area contributed by atoms with E-state index in [0.29, 0.717) is 5.69 Å². The number of H-pyrrole nitrogens is 1. The zero-order chi connectivity index (χ0) is 14.1. The van der Waals surface area contributed by atoms with Crippen LogP contribution in [0.3, 0.4) is 0 Å². The number of aromatic nitrogens is 1. The lowest BCUT2D eigenvalue weighted by molar-refractivity contribution is 0.483. The highest BCUT2D eigenvalue weighted by atomic mass is 32.2. The van der Waals surface area contributed by atoms with Gasteiger partial charge in [-0.05, 0) is 24.1 Å². The molecule has 0 bridgehead atoms. The van der Waals surface area contributed by atoms with Crippen LogP contribution in [0, 0.1) is 6.92 Å². The number of hydrogen-bond donors (Lipinski definition) is 3. The van der Waals surface area contributed by atoms with Crippen molar-refractivity contribution < 1.29 is 5.11 Å². The van der Waals surface area contributed by atoms with Crippen LogP contribution >= 0.6 is 11.8 Å². The molecule has 0 spiro atoms. The number of phenols is 1. The van der Waals surface area contributed by atoms with Crippen molar-refractivity contribution in [2.45, 2.75) is 17.6 Å². The lowest BCUT2D eigenvalue weighted by Crippen LogP contribution is -1.89. The van der Waals surface area contributed by atoms with Crippen LogP contribution in [-0.4, -0.2) is 10.1 Å². The van der Waals surface area contributed by atoms with Crippen LogP contribution in [0.4, 0.5) is 5.69 Å². The fourth-order valence-corrected chi connectivity index (χ4v) is 3.43. The van der Waals surface area contributed by atoms with Gasteiger partial charge in [-0.3, -0.25) is 0 Å². The van der Waals surface area contributed by atoms with Gasteiger partial charge in [0.2, 0.25) is 0 Å². The number of aryl methyl sites for hydroxylation is 1. The molecule has 3 nitrogen and oxygen atoms in total. The van der Waals surface area contributed by atoms with Crippen molar-refractivity contribution in [3.8, 4) is 5.75 Å². The molecule has 102 valence electrons. The van der Waals surface area contributed by atoms with E-state index < -0.39 is 0 Å². The van der Waals surface area contributed by atoms with Crippen molar-refractivity contribution in [1.29, 1.82) is 0 Å². The average Bonchev–Trinajstić information content (AvgIpc) is 2.85. The van der Waals surface area contributed by atoms with Crippen molar-refractivity contribution in [3.05, 3.63) is 53.7 Å². The second-order valence-electron chi connectivity index (χ2n) is 4.81. The summed E-state index contributed by atoms with van der Waals surface area (Å²) in [6, 6.07) is 12.2. The number of benzene rings is 2. The van der Waals surface area contributed by atoms with Gasteiger partial charge >= 0.3 is 0 Å². The molecule has 2 aromatic carbocycles. The molecule has 0 radical (unpaired) electrons. The van der Waals surface area contributed by atoms with Crippen LogP contribution < -0.4 is 5.73 Å². The highest BCUT2D eigenvalue weighted by molar-refractivity contribution is 7.98. The Kier molecular flexibility index (Phi) is 3.32. The average molecular weight is 284 g/mol. The van der Waals surface area contributed by atoms with Gasteiger partial charge in [0.05, 0.1) is 11.2 Å². The number of thioether (sulfide) groups is 1. The zero-order valence-corrected chi connectivity index (χ0v) is 12.0. The third-order valence-corrected chi connectivity index (χ3v) is 4.47. The van der Waals surface area contributed by atoms with Crippen molar-refractivity contribution in [3.63, 3.8) is 0 Å². The van der Waals surface area contributed by atoms with Gasteiger partial charge in [0.1, 0.15) is 0 Å². The number of rotatable bonds is 3. The molecule has 0 unspecified atom stereocenters. The second-order valence-corrected chi connectivity index (χ2v) is 5.83. The maximum Gasteiger partial charge on any atom is 0.162 e. The molecule has 0 aliphatic rings. The number of fused-ring (bicyclic) bond motifs is 1. The van der Waals surface area contributed by atoms with Gasteiger partial charge < -0.3 is 15.8 Å². The Hall–Kier alpha value is -2.07. The third kappa shape index (κ3) is 2.23. The first-order valence-corrected chi connectivity index (χ1v) is 7.41. The van der Waals surface area contributed by atoms with E-state index >= 15 is 0 Å². The van der Waals surface area contributed by atoms with Gasteiger partial charge in [-0.2, -0.15) is 0 Å². The van der Waals surface area contributed by atoms with E-state index in [-0.39, 0.29) is 5.75 Å². The minimum Gasteiger partial charge on any atom is -0.504 e. The summed E-state index contributed by atoms with van der Waals surface area (Å²) in [5.74, 6) is 1.02. The van der Waals surface area contributed by atoms with E-state index in [1.54, 1.807) is 11.8 Å².